The molecular formula is C19H25ClN2O2. The van der Waals surface area contributed by atoms with E-state index in [0.29, 0.717) is 23.8 Å². The number of ether oxygens (including phenoxy) is 1. The van der Waals surface area contributed by atoms with E-state index in [4.69, 9.17) is 16.3 Å². The fourth-order valence-corrected chi connectivity index (χ4v) is 4.42. The second-order valence-electron chi connectivity index (χ2n) is 7.48. The smallest absolute Gasteiger partial charge is 0.317 e. The average molecular weight is 349 g/mol. The van der Waals surface area contributed by atoms with Crippen LogP contribution in [0.5, 0.6) is 0 Å². The summed E-state index contributed by atoms with van der Waals surface area (Å²) in [4.78, 5) is 14.5. The molecule has 1 saturated carbocycles. The van der Waals surface area contributed by atoms with Crippen molar-refractivity contribution in [1.29, 1.82) is 0 Å². The van der Waals surface area contributed by atoms with E-state index < -0.39 is 0 Å². The van der Waals surface area contributed by atoms with E-state index in [1.165, 1.54) is 5.56 Å². The SMILES string of the molecule is O=C(NC1CC(c2ccc(Cl)cc2)C1)N1CC[C@@H]([C@@H]2CCOC2)C1. The topological polar surface area (TPSA) is 41.6 Å². The minimum absolute atomic E-state index is 0.121. The number of carbonyl (C=O) groups is 1. The zero-order valence-corrected chi connectivity index (χ0v) is 14.7. The van der Waals surface area contributed by atoms with Gasteiger partial charge in [0.15, 0.2) is 0 Å². The van der Waals surface area contributed by atoms with Crippen LogP contribution in [0.4, 0.5) is 4.79 Å². The average Bonchev–Trinajstić information content (AvgIpc) is 3.22. The highest BCUT2D eigenvalue weighted by Crippen LogP contribution is 2.37. The molecule has 0 spiro atoms. The molecule has 2 atom stereocenters. The first-order valence-electron chi connectivity index (χ1n) is 9.07. The van der Waals surface area contributed by atoms with E-state index in [-0.39, 0.29) is 6.03 Å². The number of nitrogens with zero attached hydrogens (tertiary/aromatic N) is 1. The maximum atomic E-state index is 12.5. The lowest BCUT2D eigenvalue weighted by Gasteiger charge is -2.37. The molecule has 0 aromatic heterocycles. The van der Waals surface area contributed by atoms with Crippen molar-refractivity contribution in [2.75, 3.05) is 26.3 Å². The molecule has 0 radical (unpaired) electrons. The molecule has 3 fully saturated rings. The highest BCUT2D eigenvalue weighted by molar-refractivity contribution is 6.30. The molecule has 1 aromatic carbocycles. The summed E-state index contributed by atoms with van der Waals surface area (Å²) in [6, 6.07) is 8.52. The van der Waals surface area contributed by atoms with Gasteiger partial charge in [-0.3, -0.25) is 0 Å². The second kappa shape index (κ2) is 6.93. The summed E-state index contributed by atoms with van der Waals surface area (Å²) in [5.74, 6) is 1.83. The number of rotatable bonds is 3. The molecule has 2 saturated heterocycles. The highest BCUT2D eigenvalue weighted by Gasteiger charge is 2.36. The Kier molecular flexibility index (Phi) is 4.68. The van der Waals surface area contributed by atoms with E-state index >= 15 is 0 Å². The fraction of sp³-hybridized carbons (Fsp3) is 0.632. The molecule has 1 N–H and O–H groups in total. The lowest BCUT2D eigenvalue weighted by atomic mass is 9.76. The van der Waals surface area contributed by atoms with Crippen LogP contribution in [0.25, 0.3) is 0 Å². The van der Waals surface area contributed by atoms with Crippen LogP contribution in [-0.4, -0.2) is 43.3 Å². The van der Waals surface area contributed by atoms with Gasteiger partial charge in [-0.15, -0.1) is 0 Å². The standard InChI is InChI=1S/C19H25ClN2O2/c20-17-3-1-13(2-4-17)16-9-18(10-16)21-19(23)22-7-5-14(11-22)15-6-8-24-12-15/h1-4,14-16,18H,5-12H2,(H,21,23)/t14-,15-,16?,18?/m1/s1. The molecule has 0 bridgehead atoms. The van der Waals surface area contributed by atoms with Crippen molar-refractivity contribution >= 4 is 17.6 Å². The first kappa shape index (κ1) is 16.2. The zero-order valence-electron chi connectivity index (χ0n) is 13.9. The Bertz CT molecular complexity index is 580. The predicted octanol–water partition coefficient (Wildman–Crippen LogP) is 3.65. The molecule has 1 aromatic rings. The zero-order chi connectivity index (χ0) is 16.5. The third-order valence-corrected chi connectivity index (χ3v) is 6.20. The van der Waals surface area contributed by atoms with Crippen LogP contribution in [-0.2, 0) is 4.74 Å². The normalized spacial score (nSPS) is 32.6. The Hall–Kier alpha value is -1.26. The molecule has 5 heteroatoms. The van der Waals surface area contributed by atoms with E-state index in [1.54, 1.807) is 0 Å². The van der Waals surface area contributed by atoms with Crippen LogP contribution in [0.1, 0.15) is 37.2 Å². The van der Waals surface area contributed by atoms with Crippen molar-refractivity contribution in [1.82, 2.24) is 10.2 Å². The van der Waals surface area contributed by atoms with Gasteiger partial charge in [-0.25, -0.2) is 4.79 Å². The maximum absolute atomic E-state index is 12.5. The molecular weight excluding hydrogens is 324 g/mol. The number of likely N-dealkylation sites (tertiary alicyclic amines) is 1. The van der Waals surface area contributed by atoms with Gasteiger partial charge in [-0.05, 0) is 61.1 Å². The summed E-state index contributed by atoms with van der Waals surface area (Å²) in [6.07, 6.45) is 4.34. The van der Waals surface area contributed by atoms with Crippen LogP contribution >= 0.6 is 11.6 Å². The fourth-order valence-electron chi connectivity index (χ4n) is 4.29. The summed E-state index contributed by atoms with van der Waals surface area (Å²) in [5, 5.41) is 3.99. The van der Waals surface area contributed by atoms with Gasteiger partial charge >= 0.3 is 6.03 Å². The highest BCUT2D eigenvalue weighted by atomic mass is 35.5. The van der Waals surface area contributed by atoms with E-state index in [0.717, 1.165) is 57.0 Å². The lowest BCUT2D eigenvalue weighted by molar-refractivity contribution is 0.169. The Balaban J connectivity index is 1.22. The molecule has 2 heterocycles. The van der Waals surface area contributed by atoms with Gasteiger partial charge in [0.2, 0.25) is 0 Å². The lowest BCUT2D eigenvalue weighted by Crippen LogP contribution is -2.48. The van der Waals surface area contributed by atoms with Gasteiger partial charge in [-0.1, -0.05) is 23.7 Å². The number of hydrogen-bond donors (Lipinski definition) is 1. The van der Waals surface area contributed by atoms with Crippen molar-refractivity contribution in [2.24, 2.45) is 11.8 Å². The van der Waals surface area contributed by atoms with Gasteiger partial charge in [-0.2, -0.15) is 0 Å². The molecule has 1 aliphatic carbocycles. The number of nitrogens with one attached hydrogen (secondary N) is 1. The van der Waals surface area contributed by atoms with Crippen LogP contribution in [0.2, 0.25) is 5.02 Å². The summed E-state index contributed by atoms with van der Waals surface area (Å²) >= 11 is 5.94. The number of halogens is 1. The monoisotopic (exact) mass is 348 g/mol. The number of urea groups is 1. The van der Waals surface area contributed by atoms with Gasteiger partial charge in [0.05, 0.1) is 0 Å². The minimum Gasteiger partial charge on any atom is -0.381 e. The van der Waals surface area contributed by atoms with Crippen molar-refractivity contribution in [3.63, 3.8) is 0 Å². The van der Waals surface area contributed by atoms with E-state index in [9.17, 15) is 4.79 Å². The second-order valence-corrected chi connectivity index (χ2v) is 7.92. The Morgan fingerprint density at radius 3 is 2.67 bits per heavy atom. The van der Waals surface area contributed by atoms with Crippen LogP contribution in [0.15, 0.2) is 24.3 Å². The molecule has 4 nitrogen and oxygen atoms in total. The summed E-state index contributed by atoms with van der Waals surface area (Å²) in [7, 11) is 0. The Morgan fingerprint density at radius 1 is 1.17 bits per heavy atom. The first-order valence-corrected chi connectivity index (χ1v) is 9.45. The third kappa shape index (κ3) is 3.40. The van der Waals surface area contributed by atoms with Crippen molar-refractivity contribution in [2.45, 2.75) is 37.6 Å². The molecule has 2 amide bonds. The Labute approximate surface area is 148 Å². The summed E-state index contributed by atoms with van der Waals surface area (Å²) < 4.78 is 5.49. The van der Waals surface area contributed by atoms with Crippen LogP contribution < -0.4 is 5.32 Å². The molecule has 130 valence electrons. The van der Waals surface area contributed by atoms with Crippen molar-refractivity contribution < 1.29 is 9.53 Å². The molecule has 4 rings (SSSR count). The van der Waals surface area contributed by atoms with Crippen LogP contribution in [0, 0.1) is 11.8 Å². The maximum Gasteiger partial charge on any atom is 0.317 e. The summed E-state index contributed by atoms with van der Waals surface area (Å²) in [5.41, 5.74) is 1.33. The van der Waals surface area contributed by atoms with E-state index in [2.05, 4.69) is 17.4 Å². The molecule has 0 unspecified atom stereocenters. The molecule has 3 aliphatic rings. The van der Waals surface area contributed by atoms with Gasteiger partial charge < -0.3 is 15.0 Å². The van der Waals surface area contributed by atoms with Crippen molar-refractivity contribution in [3.05, 3.63) is 34.9 Å². The quantitative estimate of drug-likeness (QED) is 0.905. The largest absolute Gasteiger partial charge is 0.381 e. The van der Waals surface area contributed by atoms with Gasteiger partial charge in [0.25, 0.3) is 0 Å². The number of benzene rings is 1. The number of amides is 2. The minimum atomic E-state index is 0.121. The Morgan fingerprint density at radius 2 is 1.96 bits per heavy atom. The van der Waals surface area contributed by atoms with E-state index in [1.807, 2.05) is 17.0 Å². The first-order chi connectivity index (χ1) is 11.7. The predicted molar refractivity (Wildman–Crippen MR) is 94.4 cm³/mol. The molecule has 2 aliphatic heterocycles. The third-order valence-electron chi connectivity index (χ3n) is 5.95. The van der Waals surface area contributed by atoms with Gasteiger partial charge in [0.1, 0.15) is 0 Å². The number of carbonyl (C=O) groups excluding carboxylic acids is 1. The molecule has 24 heavy (non-hydrogen) atoms. The number of hydrogen-bond acceptors (Lipinski definition) is 2. The van der Waals surface area contributed by atoms with Crippen LogP contribution in [0.3, 0.4) is 0 Å². The van der Waals surface area contributed by atoms with Gasteiger partial charge in [0, 0.05) is 37.4 Å². The van der Waals surface area contributed by atoms with Crippen molar-refractivity contribution in [3.8, 4) is 0 Å². The summed E-state index contributed by atoms with van der Waals surface area (Å²) in [6.45, 7) is 3.56.